The number of rotatable bonds is 5. The zero-order valence-electron chi connectivity index (χ0n) is 15.4. The summed E-state index contributed by atoms with van der Waals surface area (Å²) in [5.74, 6) is 2.34. The van der Waals surface area contributed by atoms with Crippen molar-refractivity contribution in [2.45, 2.75) is 13.3 Å². The highest BCUT2D eigenvalue weighted by Gasteiger charge is 2.20. The van der Waals surface area contributed by atoms with Crippen LogP contribution in [-0.4, -0.2) is 46.1 Å². The number of nitrogens with one attached hydrogen (secondary N) is 1. The predicted molar refractivity (Wildman–Crippen MR) is 108 cm³/mol. The Kier molecular flexibility index (Phi) is 5.09. The summed E-state index contributed by atoms with van der Waals surface area (Å²) < 4.78 is 0. The Morgan fingerprint density at radius 3 is 2.26 bits per heavy atom. The van der Waals surface area contributed by atoms with Crippen molar-refractivity contribution in [1.29, 1.82) is 0 Å². The van der Waals surface area contributed by atoms with Gasteiger partial charge in [0, 0.05) is 50.5 Å². The van der Waals surface area contributed by atoms with E-state index in [1.807, 2.05) is 12.1 Å². The van der Waals surface area contributed by atoms with E-state index >= 15 is 0 Å². The lowest BCUT2D eigenvalue weighted by molar-refractivity contribution is 0.634. The number of aromatic nitrogens is 4. The fraction of sp³-hybridized carbons (Fsp3) is 0.300. The second-order valence-corrected chi connectivity index (χ2v) is 6.44. The minimum absolute atomic E-state index is 0.616. The second kappa shape index (κ2) is 7.99. The summed E-state index contributed by atoms with van der Waals surface area (Å²) in [4.78, 5) is 22.2. The Labute approximate surface area is 159 Å². The van der Waals surface area contributed by atoms with Crippen LogP contribution < -0.4 is 15.1 Å². The standard InChI is InChI=1S/C20H23N7/c1-2-16-4-6-17(7-5-16)24-19-21-11-8-18(25-19)26-12-14-27(15-13-26)20-22-9-3-10-23-20/h3-11H,2,12-15H2,1H3,(H,21,24,25). The molecule has 0 amide bonds. The maximum atomic E-state index is 4.69. The van der Waals surface area contributed by atoms with Crippen LogP contribution in [0.2, 0.25) is 0 Å². The van der Waals surface area contributed by atoms with E-state index in [4.69, 9.17) is 0 Å². The van der Waals surface area contributed by atoms with Gasteiger partial charge in [-0.25, -0.2) is 15.0 Å². The first-order valence-electron chi connectivity index (χ1n) is 9.28. The molecule has 1 aromatic carbocycles. The maximum Gasteiger partial charge on any atom is 0.229 e. The van der Waals surface area contributed by atoms with E-state index in [9.17, 15) is 0 Å². The molecule has 4 rings (SSSR count). The second-order valence-electron chi connectivity index (χ2n) is 6.44. The quantitative estimate of drug-likeness (QED) is 0.749. The molecule has 7 heteroatoms. The van der Waals surface area contributed by atoms with Crippen molar-refractivity contribution in [2.24, 2.45) is 0 Å². The van der Waals surface area contributed by atoms with Gasteiger partial charge in [0.2, 0.25) is 11.9 Å². The highest BCUT2D eigenvalue weighted by atomic mass is 15.3. The van der Waals surface area contributed by atoms with Crippen molar-refractivity contribution in [1.82, 2.24) is 19.9 Å². The summed E-state index contributed by atoms with van der Waals surface area (Å²) in [7, 11) is 0. The Morgan fingerprint density at radius 2 is 1.56 bits per heavy atom. The SMILES string of the molecule is CCc1ccc(Nc2nccc(N3CCN(c4ncccn4)CC3)n2)cc1. The van der Waals surface area contributed by atoms with E-state index in [1.54, 1.807) is 18.6 Å². The Hall–Kier alpha value is -3.22. The number of hydrogen-bond acceptors (Lipinski definition) is 7. The van der Waals surface area contributed by atoms with E-state index in [1.165, 1.54) is 5.56 Å². The van der Waals surface area contributed by atoms with Gasteiger partial charge in [0.25, 0.3) is 0 Å². The number of benzene rings is 1. The molecular formula is C20H23N7. The van der Waals surface area contributed by atoms with Gasteiger partial charge < -0.3 is 15.1 Å². The third kappa shape index (κ3) is 4.13. The molecule has 138 valence electrons. The van der Waals surface area contributed by atoms with Crippen molar-refractivity contribution >= 4 is 23.4 Å². The molecule has 27 heavy (non-hydrogen) atoms. The summed E-state index contributed by atoms with van der Waals surface area (Å²) >= 11 is 0. The largest absolute Gasteiger partial charge is 0.353 e. The predicted octanol–water partition coefficient (Wildman–Crippen LogP) is 2.90. The highest BCUT2D eigenvalue weighted by Crippen LogP contribution is 2.19. The van der Waals surface area contributed by atoms with Crippen molar-refractivity contribution in [3.05, 3.63) is 60.6 Å². The fourth-order valence-electron chi connectivity index (χ4n) is 3.13. The van der Waals surface area contributed by atoms with Crippen LogP contribution in [0.5, 0.6) is 0 Å². The van der Waals surface area contributed by atoms with Crippen molar-refractivity contribution in [3.8, 4) is 0 Å². The van der Waals surface area contributed by atoms with E-state index < -0.39 is 0 Å². The molecule has 3 heterocycles. The van der Waals surface area contributed by atoms with Crippen molar-refractivity contribution in [3.63, 3.8) is 0 Å². The molecule has 0 spiro atoms. The lowest BCUT2D eigenvalue weighted by Crippen LogP contribution is -2.47. The molecule has 0 unspecified atom stereocenters. The van der Waals surface area contributed by atoms with Crippen LogP contribution >= 0.6 is 0 Å². The van der Waals surface area contributed by atoms with Crippen LogP contribution in [-0.2, 0) is 6.42 Å². The van der Waals surface area contributed by atoms with Crippen LogP contribution in [0.25, 0.3) is 0 Å². The van der Waals surface area contributed by atoms with Crippen molar-refractivity contribution < 1.29 is 0 Å². The Bertz CT molecular complexity index is 859. The van der Waals surface area contributed by atoms with E-state index in [2.05, 4.69) is 66.2 Å². The Balaban J connectivity index is 1.40. The van der Waals surface area contributed by atoms with Gasteiger partial charge in [0.1, 0.15) is 5.82 Å². The first-order valence-corrected chi connectivity index (χ1v) is 9.28. The van der Waals surface area contributed by atoms with Crippen LogP contribution in [0, 0.1) is 0 Å². The van der Waals surface area contributed by atoms with Crippen LogP contribution in [0.4, 0.5) is 23.4 Å². The minimum atomic E-state index is 0.616. The zero-order valence-corrected chi connectivity index (χ0v) is 15.4. The van der Waals surface area contributed by atoms with E-state index in [0.717, 1.165) is 50.1 Å². The number of piperazine rings is 1. The van der Waals surface area contributed by atoms with Gasteiger partial charge in [0.05, 0.1) is 0 Å². The molecule has 2 aromatic heterocycles. The lowest BCUT2D eigenvalue weighted by Gasteiger charge is -2.35. The monoisotopic (exact) mass is 361 g/mol. The molecule has 0 saturated carbocycles. The van der Waals surface area contributed by atoms with E-state index in [-0.39, 0.29) is 0 Å². The summed E-state index contributed by atoms with van der Waals surface area (Å²) in [6.45, 7) is 5.64. The third-order valence-electron chi connectivity index (χ3n) is 4.70. The van der Waals surface area contributed by atoms with Crippen LogP contribution in [0.3, 0.4) is 0 Å². The molecule has 1 N–H and O–H groups in total. The van der Waals surface area contributed by atoms with E-state index in [0.29, 0.717) is 5.95 Å². The topological polar surface area (TPSA) is 70.1 Å². The zero-order chi connectivity index (χ0) is 18.5. The molecule has 0 aliphatic carbocycles. The molecule has 1 aliphatic heterocycles. The summed E-state index contributed by atoms with van der Waals surface area (Å²) in [6.07, 6.45) is 6.40. The maximum absolute atomic E-state index is 4.69. The van der Waals surface area contributed by atoms with Gasteiger partial charge in [-0.15, -0.1) is 0 Å². The van der Waals surface area contributed by atoms with Gasteiger partial charge in [-0.1, -0.05) is 19.1 Å². The van der Waals surface area contributed by atoms with Crippen LogP contribution in [0.1, 0.15) is 12.5 Å². The summed E-state index contributed by atoms with van der Waals surface area (Å²) in [5.41, 5.74) is 2.31. The third-order valence-corrected chi connectivity index (χ3v) is 4.70. The Morgan fingerprint density at radius 1 is 0.852 bits per heavy atom. The molecule has 0 atom stereocenters. The molecule has 1 fully saturated rings. The number of anilines is 4. The number of hydrogen-bond donors (Lipinski definition) is 1. The molecular weight excluding hydrogens is 338 g/mol. The molecule has 1 aliphatic rings. The molecule has 0 bridgehead atoms. The first kappa shape index (κ1) is 17.2. The van der Waals surface area contributed by atoms with Gasteiger partial charge in [0.15, 0.2) is 0 Å². The molecule has 3 aromatic rings. The fourth-order valence-corrected chi connectivity index (χ4v) is 3.13. The molecule has 7 nitrogen and oxygen atoms in total. The summed E-state index contributed by atoms with van der Waals surface area (Å²) in [6, 6.07) is 12.2. The average molecular weight is 361 g/mol. The molecule has 1 saturated heterocycles. The number of nitrogens with zero attached hydrogens (tertiary/aromatic N) is 6. The first-order chi connectivity index (χ1) is 13.3. The smallest absolute Gasteiger partial charge is 0.229 e. The van der Waals surface area contributed by atoms with Gasteiger partial charge in [-0.05, 0) is 36.2 Å². The average Bonchev–Trinajstić information content (AvgIpc) is 2.75. The van der Waals surface area contributed by atoms with Gasteiger partial charge in [-0.2, -0.15) is 4.98 Å². The lowest BCUT2D eigenvalue weighted by atomic mass is 10.1. The van der Waals surface area contributed by atoms with Gasteiger partial charge in [-0.3, -0.25) is 0 Å². The highest BCUT2D eigenvalue weighted by molar-refractivity contribution is 5.55. The normalized spacial score (nSPS) is 14.3. The van der Waals surface area contributed by atoms with Gasteiger partial charge >= 0.3 is 0 Å². The van der Waals surface area contributed by atoms with Crippen molar-refractivity contribution in [2.75, 3.05) is 41.3 Å². The molecule has 0 radical (unpaired) electrons. The minimum Gasteiger partial charge on any atom is -0.353 e. The number of aryl methyl sites for hydroxylation is 1. The summed E-state index contributed by atoms with van der Waals surface area (Å²) in [5, 5.41) is 3.29. The van der Waals surface area contributed by atoms with Crippen LogP contribution in [0.15, 0.2) is 55.0 Å².